The van der Waals surface area contributed by atoms with Crippen molar-refractivity contribution in [3.05, 3.63) is 78.3 Å². The molecule has 0 spiro atoms. The van der Waals surface area contributed by atoms with Crippen LogP contribution in [0.4, 0.5) is 0 Å². The molecule has 0 amide bonds. The first-order valence-corrected chi connectivity index (χ1v) is 9.19. The predicted molar refractivity (Wildman–Crippen MR) is 105 cm³/mol. The van der Waals surface area contributed by atoms with E-state index in [1.807, 2.05) is 24.5 Å². The molecule has 1 N–H and O–H groups in total. The Labute approximate surface area is 155 Å². The van der Waals surface area contributed by atoms with E-state index in [2.05, 4.69) is 69.8 Å². The van der Waals surface area contributed by atoms with E-state index in [-0.39, 0.29) is 6.29 Å². The maximum atomic E-state index is 4.99. The van der Waals surface area contributed by atoms with Crippen molar-refractivity contribution in [3.8, 4) is 0 Å². The van der Waals surface area contributed by atoms with Crippen LogP contribution in [0.15, 0.2) is 72.1 Å². The lowest BCUT2D eigenvalue weighted by Gasteiger charge is -2.34. The fraction of sp³-hybridized carbons (Fsp3) is 0.333. The standard InChI is InChI=1S/C21H25N5/c1-25-13-10-20(18-7-11-22-12-8-18)24-21(25)26-14-9-19(16-26)23-15-17-5-3-2-4-6-17/h2-8,10-13,19,21,23H,9,14-16H2,1H3/t19-,21?/m1/s1. The zero-order valence-electron chi connectivity index (χ0n) is 15.1. The first-order valence-electron chi connectivity index (χ1n) is 9.19. The molecule has 0 aliphatic carbocycles. The van der Waals surface area contributed by atoms with E-state index in [1.165, 1.54) is 5.56 Å². The van der Waals surface area contributed by atoms with Crippen LogP contribution in [0.2, 0.25) is 0 Å². The fourth-order valence-electron chi connectivity index (χ4n) is 3.58. The van der Waals surface area contributed by atoms with E-state index < -0.39 is 0 Å². The Bertz CT molecular complexity index is 772. The monoisotopic (exact) mass is 347 g/mol. The molecule has 2 atom stereocenters. The van der Waals surface area contributed by atoms with Gasteiger partial charge in [-0.2, -0.15) is 0 Å². The smallest absolute Gasteiger partial charge is 0.178 e. The summed E-state index contributed by atoms with van der Waals surface area (Å²) in [5, 5.41) is 3.69. The van der Waals surface area contributed by atoms with Gasteiger partial charge >= 0.3 is 0 Å². The zero-order valence-corrected chi connectivity index (χ0v) is 15.1. The number of allylic oxidation sites excluding steroid dienone is 1. The Kier molecular flexibility index (Phi) is 5.09. The molecule has 1 fully saturated rings. The summed E-state index contributed by atoms with van der Waals surface area (Å²) in [5.41, 5.74) is 3.48. The number of pyridine rings is 1. The molecule has 2 aliphatic heterocycles. The van der Waals surface area contributed by atoms with Crippen molar-refractivity contribution in [2.75, 3.05) is 20.1 Å². The van der Waals surface area contributed by atoms with Gasteiger partial charge in [0.15, 0.2) is 6.29 Å². The molecular weight excluding hydrogens is 322 g/mol. The fourth-order valence-corrected chi connectivity index (χ4v) is 3.58. The predicted octanol–water partition coefficient (Wildman–Crippen LogP) is 2.48. The summed E-state index contributed by atoms with van der Waals surface area (Å²) in [6.07, 6.45) is 9.05. The van der Waals surface area contributed by atoms with Crippen molar-refractivity contribution in [2.45, 2.75) is 25.3 Å². The summed E-state index contributed by atoms with van der Waals surface area (Å²) in [4.78, 5) is 13.7. The summed E-state index contributed by atoms with van der Waals surface area (Å²) in [7, 11) is 2.10. The van der Waals surface area contributed by atoms with Crippen LogP contribution in [-0.4, -0.2) is 53.0 Å². The Balaban J connectivity index is 1.39. The SMILES string of the molecule is CN1C=CC(c2ccncc2)=NC1N1CC[C@@H](NCc2ccccc2)C1. The Hall–Kier alpha value is -2.50. The van der Waals surface area contributed by atoms with Gasteiger partial charge < -0.3 is 10.2 Å². The molecule has 0 radical (unpaired) electrons. The molecule has 2 aliphatic rings. The maximum absolute atomic E-state index is 4.99. The number of hydrogen-bond donors (Lipinski definition) is 1. The molecular formula is C21H25N5. The molecule has 134 valence electrons. The van der Waals surface area contributed by atoms with Gasteiger partial charge in [-0.25, -0.2) is 4.99 Å². The summed E-state index contributed by atoms with van der Waals surface area (Å²) in [6.45, 7) is 3.00. The average Bonchev–Trinajstić information content (AvgIpc) is 3.17. The molecule has 1 aromatic carbocycles. The Morgan fingerprint density at radius 1 is 1.12 bits per heavy atom. The highest BCUT2D eigenvalue weighted by atomic mass is 15.4. The van der Waals surface area contributed by atoms with E-state index in [9.17, 15) is 0 Å². The normalized spacial score (nSPS) is 23.3. The number of benzene rings is 1. The quantitative estimate of drug-likeness (QED) is 0.902. The van der Waals surface area contributed by atoms with Gasteiger partial charge in [0.2, 0.25) is 0 Å². The molecule has 2 aromatic rings. The minimum Gasteiger partial charge on any atom is -0.347 e. The molecule has 5 heteroatoms. The number of likely N-dealkylation sites (tertiary alicyclic amines) is 1. The number of aromatic nitrogens is 1. The lowest BCUT2D eigenvalue weighted by Crippen LogP contribution is -2.45. The van der Waals surface area contributed by atoms with Crippen LogP contribution in [0.1, 0.15) is 17.5 Å². The molecule has 0 saturated carbocycles. The summed E-state index contributed by atoms with van der Waals surface area (Å²) in [5.74, 6) is 0. The van der Waals surface area contributed by atoms with Gasteiger partial charge in [0, 0.05) is 56.9 Å². The second-order valence-electron chi connectivity index (χ2n) is 6.92. The topological polar surface area (TPSA) is 43.8 Å². The minimum absolute atomic E-state index is 0.0618. The second kappa shape index (κ2) is 7.81. The first kappa shape index (κ1) is 16.9. The number of rotatable bonds is 5. The van der Waals surface area contributed by atoms with Gasteiger partial charge in [0.1, 0.15) is 0 Å². The number of nitrogens with zero attached hydrogens (tertiary/aromatic N) is 4. The van der Waals surface area contributed by atoms with Crippen LogP contribution in [0.25, 0.3) is 0 Å². The molecule has 1 unspecified atom stereocenters. The van der Waals surface area contributed by atoms with Gasteiger partial charge in [-0.3, -0.25) is 9.88 Å². The van der Waals surface area contributed by atoms with Crippen LogP contribution >= 0.6 is 0 Å². The van der Waals surface area contributed by atoms with Gasteiger partial charge in [0.25, 0.3) is 0 Å². The summed E-state index contributed by atoms with van der Waals surface area (Å²) < 4.78 is 0. The Morgan fingerprint density at radius 2 is 1.92 bits per heavy atom. The lowest BCUT2D eigenvalue weighted by molar-refractivity contribution is 0.122. The summed E-state index contributed by atoms with van der Waals surface area (Å²) in [6, 6.07) is 15.1. The highest BCUT2D eigenvalue weighted by Crippen LogP contribution is 2.20. The van der Waals surface area contributed by atoms with Crippen molar-refractivity contribution < 1.29 is 0 Å². The Morgan fingerprint density at radius 3 is 2.73 bits per heavy atom. The third-order valence-electron chi connectivity index (χ3n) is 5.05. The van der Waals surface area contributed by atoms with Crippen molar-refractivity contribution in [3.63, 3.8) is 0 Å². The van der Waals surface area contributed by atoms with Crippen LogP contribution in [0, 0.1) is 0 Å². The van der Waals surface area contributed by atoms with Crippen LogP contribution < -0.4 is 5.32 Å². The number of nitrogens with one attached hydrogen (secondary N) is 1. The second-order valence-corrected chi connectivity index (χ2v) is 6.92. The van der Waals surface area contributed by atoms with Gasteiger partial charge in [-0.15, -0.1) is 0 Å². The van der Waals surface area contributed by atoms with E-state index in [4.69, 9.17) is 4.99 Å². The largest absolute Gasteiger partial charge is 0.347 e. The molecule has 3 heterocycles. The van der Waals surface area contributed by atoms with E-state index in [1.54, 1.807) is 0 Å². The van der Waals surface area contributed by atoms with E-state index in [0.717, 1.165) is 37.3 Å². The zero-order chi connectivity index (χ0) is 17.8. The van der Waals surface area contributed by atoms with Crippen LogP contribution in [-0.2, 0) is 6.54 Å². The third kappa shape index (κ3) is 3.84. The molecule has 0 bridgehead atoms. The van der Waals surface area contributed by atoms with Crippen LogP contribution in [0.3, 0.4) is 0 Å². The van der Waals surface area contributed by atoms with Crippen molar-refractivity contribution in [1.29, 1.82) is 0 Å². The van der Waals surface area contributed by atoms with E-state index in [0.29, 0.717) is 6.04 Å². The van der Waals surface area contributed by atoms with Crippen molar-refractivity contribution in [2.24, 2.45) is 4.99 Å². The molecule has 1 saturated heterocycles. The molecule has 1 aromatic heterocycles. The number of hydrogen-bond acceptors (Lipinski definition) is 5. The lowest BCUT2D eigenvalue weighted by atomic mass is 10.1. The van der Waals surface area contributed by atoms with E-state index >= 15 is 0 Å². The van der Waals surface area contributed by atoms with Crippen LogP contribution in [0.5, 0.6) is 0 Å². The van der Waals surface area contributed by atoms with Crippen molar-refractivity contribution in [1.82, 2.24) is 20.1 Å². The minimum atomic E-state index is 0.0618. The molecule has 5 nitrogen and oxygen atoms in total. The highest BCUT2D eigenvalue weighted by Gasteiger charge is 2.30. The highest BCUT2D eigenvalue weighted by molar-refractivity contribution is 6.08. The third-order valence-corrected chi connectivity index (χ3v) is 5.05. The van der Waals surface area contributed by atoms with Crippen molar-refractivity contribution >= 4 is 5.71 Å². The maximum Gasteiger partial charge on any atom is 0.178 e. The van der Waals surface area contributed by atoms with Gasteiger partial charge in [-0.1, -0.05) is 30.3 Å². The molecule has 26 heavy (non-hydrogen) atoms. The summed E-state index contributed by atoms with van der Waals surface area (Å²) >= 11 is 0. The first-order chi connectivity index (χ1) is 12.8. The average molecular weight is 347 g/mol. The van der Waals surface area contributed by atoms with Gasteiger partial charge in [-0.05, 0) is 30.2 Å². The number of aliphatic imine (C=N–C) groups is 1. The van der Waals surface area contributed by atoms with Gasteiger partial charge in [0.05, 0.1) is 5.71 Å². The molecule has 4 rings (SSSR count).